The van der Waals surface area contributed by atoms with E-state index in [0.29, 0.717) is 34.3 Å². The molecular formula is C15H12FN3O2. The average molecular weight is 285 g/mol. The molecular weight excluding hydrogens is 273 g/mol. The van der Waals surface area contributed by atoms with Crippen molar-refractivity contribution in [2.75, 3.05) is 12.8 Å². The number of methoxy groups -OCH3 is 1. The highest BCUT2D eigenvalue weighted by Gasteiger charge is 2.12. The van der Waals surface area contributed by atoms with Gasteiger partial charge in [-0.15, -0.1) is 0 Å². The van der Waals surface area contributed by atoms with Gasteiger partial charge in [0.2, 0.25) is 5.82 Å². The van der Waals surface area contributed by atoms with Crippen LogP contribution in [0.4, 0.5) is 10.1 Å². The van der Waals surface area contributed by atoms with Crippen molar-refractivity contribution in [1.82, 2.24) is 10.1 Å². The van der Waals surface area contributed by atoms with Crippen molar-refractivity contribution in [3.8, 4) is 28.6 Å². The van der Waals surface area contributed by atoms with Crippen LogP contribution in [-0.2, 0) is 0 Å². The predicted octanol–water partition coefficient (Wildman–Crippen LogP) is 3.13. The van der Waals surface area contributed by atoms with E-state index in [0.717, 1.165) is 0 Å². The van der Waals surface area contributed by atoms with Crippen LogP contribution in [0.3, 0.4) is 0 Å². The van der Waals surface area contributed by atoms with E-state index in [1.807, 2.05) is 0 Å². The molecule has 0 aliphatic rings. The van der Waals surface area contributed by atoms with Crippen molar-refractivity contribution in [2.24, 2.45) is 0 Å². The lowest BCUT2D eigenvalue weighted by molar-refractivity contribution is 0.416. The number of nitrogens with zero attached hydrogens (tertiary/aromatic N) is 2. The van der Waals surface area contributed by atoms with Gasteiger partial charge in [-0.25, -0.2) is 4.39 Å². The topological polar surface area (TPSA) is 74.2 Å². The van der Waals surface area contributed by atoms with Gasteiger partial charge in [0.15, 0.2) is 0 Å². The number of hydrogen-bond acceptors (Lipinski definition) is 5. The van der Waals surface area contributed by atoms with Crippen LogP contribution in [0.15, 0.2) is 47.0 Å². The number of hydrogen-bond donors (Lipinski definition) is 1. The van der Waals surface area contributed by atoms with Crippen LogP contribution in [-0.4, -0.2) is 17.3 Å². The van der Waals surface area contributed by atoms with Gasteiger partial charge >= 0.3 is 0 Å². The molecule has 0 fully saturated rings. The van der Waals surface area contributed by atoms with E-state index in [2.05, 4.69) is 10.1 Å². The number of aromatic nitrogens is 2. The lowest BCUT2D eigenvalue weighted by Gasteiger charge is -2.04. The number of rotatable bonds is 3. The molecule has 0 atom stereocenters. The Balaban J connectivity index is 1.94. The second-order valence-corrected chi connectivity index (χ2v) is 4.39. The van der Waals surface area contributed by atoms with E-state index in [9.17, 15) is 4.39 Å². The maximum Gasteiger partial charge on any atom is 0.258 e. The van der Waals surface area contributed by atoms with Crippen molar-refractivity contribution < 1.29 is 13.7 Å². The highest BCUT2D eigenvalue weighted by atomic mass is 19.1. The van der Waals surface area contributed by atoms with Gasteiger partial charge in [-0.2, -0.15) is 4.98 Å². The van der Waals surface area contributed by atoms with Gasteiger partial charge in [0, 0.05) is 11.1 Å². The molecule has 1 aromatic heterocycles. The molecule has 1 heterocycles. The minimum atomic E-state index is -0.314. The first-order valence-electron chi connectivity index (χ1n) is 6.21. The van der Waals surface area contributed by atoms with Gasteiger partial charge in [-0.3, -0.25) is 0 Å². The van der Waals surface area contributed by atoms with E-state index < -0.39 is 0 Å². The van der Waals surface area contributed by atoms with Crippen molar-refractivity contribution >= 4 is 5.69 Å². The first-order chi connectivity index (χ1) is 10.2. The summed E-state index contributed by atoms with van der Waals surface area (Å²) < 4.78 is 23.2. The smallest absolute Gasteiger partial charge is 0.258 e. The quantitative estimate of drug-likeness (QED) is 0.748. The number of anilines is 1. The zero-order valence-corrected chi connectivity index (χ0v) is 11.2. The Kier molecular flexibility index (Phi) is 3.27. The molecule has 0 amide bonds. The minimum Gasteiger partial charge on any atom is -0.495 e. The summed E-state index contributed by atoms with van der Waals surface area (Å²) in [5.41, 5.74) is 7.69. The predicted molar refractivity (Wildman–Crippen MR) is 76.1 cm³/mol. The molecule has 0 saturated heterocycles. The van der Waals surface area contributed by atoms with Crippen molar-refractivity contribution in [3.05, 3.63) is 48.3 Å². The number of halogens is 1. The molecule has 3 aromatic rings. The summed E-state index contributed by atoms with van der Waals surface area (Å²) in [5.74, 6) is 0.991. The Labute approximate surface area is 120 Å². The van der Waals surface area contributed by atoms with Crippen LogP contribution >= 0.6 is 0 Å². The Morgan fingerprint density at radius 3 is 2.48 bits per heavy atom. The Hall–Kier alpha value is -2.89. The Bertz CT molecular complexity index is 769. The van der Waals surface area contributed by atoms with Gasteiger partial charge < -0.3 is 15.0 Å². The molecule has 106 valence electrons. The number of nitrogen functional groups attached to an aromatic ring is 1. The van der Waals surface area contributed by atoms with E-state index in [-0.39, 0.29) is 5.82 Å². The fraction of sp³-hybridized carbons (Fsp3) is 0.0667. The standard InChI is InChI=1S/C15H12FN3O2/c1-20-13-7-4-10(8-12(13)17)15-18-14(19-21-15)9-2-5-11(16)6-3-9/h2-8H,17H2,1H3. The van der Waals surface area contributed by atoms with Crippen LogP contribution < -0.4 is 10.5 Å². The summed E-state index contributed by atoms with van der Waals surface area (Å²) in [4.78, 5) is 4.28. The summed E-state index contributed by atoms with van der Waals surface area (Å²) in [6.07, 6.45) is 0. The molecule has 2 aromatic carbocycles. The van der Waals surface area contributed by atoms with Crippen molar-refractivity contribution in [1.29, 1.82) is 0 Å². The molecule has 0 saturated carbocycles. The molecule has 0 spiro atoms. The van der Waals surface area contributed by atoms with E-state index in [4.69, 9.17) is 15.0 Å². The molecule has 6 heteroatoms. The summed E-state index contributed by atoms with van der Waals surface area (Å²) in [6, 6.07) is 11.1. The molecule has 3 rings (SSSR count). The second kappa shape index (κ2) is 5.24. The minimum absolute atomic E-state index is 0.314. The lowest BCUT2D eigenvalue weighted by Crippen LogP contribution is -1.92. The summed E-state index contributed by atoms with van der Waals surface area (Å²) in [5, 5.41) is 3.88. The highest BCUT2D eigenvalue weighted by Crippen LogP contribution is 2.28. The SMILES string of the molecule is COc1ccc(-c2nc(-c3ccc(F)cc3)no2)cc1N. The Morgan fingerprint density at radius 1 is 1.10 bits per heavy atom. The van der Waals surface area contributed by atoms with Gasteiger partial charge in [0.25, 0.3) is 5.89 Å². The van der Waals surface area contributed by atoms with Gasteiger partial charge in [0.05, 0.1) is 12.8 Å². The zero-order chi connectivity index (χ0) is 14.8. The van der Waals surface area contributed by atoms with E-state index >= 15 is 0 Å². The number of benzene rings is 2. The highest BCUT2D eigenvalue weighted by molar-refractivity contribution is 5.66. The van der Waals surface area contributed by atoms with Crippen LogP contribution in [0.2, 0.25) is 0 Å². The molecule has 0 unspecified atom stereocenters. The largest absolute Gasteiger partial charge is 0.495 e. The molecule has 0 radical (unpaired) electrons. The fourth-order valence-electron chi connectivity index (χ4n) is 1.92. The first kappa shape index (κ1) is 13.1. The lowest BCUT2D eigenvalue weighted by atomic mass is 10.2. The molecule has 2 N–H and O–H groups in total. The molecule has 0 aliphatic carbocycles. The molecule has 0 aliphatic heterocycles. The van der Waals surface area contributed by atoms with Gasteiger partial charge in [0.1, 0.15) is 11.6 Å². The van der Waals surface area contributed by atoms with Crippen molar-refractivity contribution in [3.63, 3.8) is 0 Å². The first-order valence-corrected chi connectivity index (χ1v) is 6.21. The average Bonchev–Trinajstić information content (AvgIpc) is 2.98. The van der Waals surface area contributed by atoms with Crippen LogP contribution in [0.5, 0.6) is 5.75 Å². The summed E-state index contributed by atoms with van der Waals surface area (Å²) in [6.45, 7) is 0. The normalized spacial score (nSPS) is 10.6. The summed E-state index contributed by atoms with van der Waals surface area (Å²) in [7, 11) is 1.55. The number of ether oxygens (including phenoxy) is 1. The summed E-state index contributed by atoms with van der Waals surface area (Å²) >= 11 is 0. The zero-order valence-electron chi connectivity index (χ0n) is 11.2. The van der Waals surface area contributed by atoms with Crippen LogP contribution in [0.25, 0.3) is 22.8 Å². The maximum atomic E-state index is 12.9. The van der Waals surface area contributed by atoms with Crippen LogP contribution in [0, 0.1) is 5.82 Å². The third kappa shape index (κ3) is 2.55. The number of nitrogens with two attached hydrogens (primary N) is 1. The van der Waals surface area contributed by atoms with E-state index in [1.165, 1.54) is 12.1 Å². The molecule has 5 nitrogen and oxygen atoms in total. The molecule has 21 heavy (non-hydrogen) atoms. The second-order valence-electron chi connectivity index (χ2n) is 4.39. The van der Waals surface area contributed by atoms with Gasteiger partial charge in [-0.1, -0.05) is 5.16 Å². The van der Waals surface area contributed by atoms with Gasteiger partial charge in [-0.05, 0) is 42.5 Å². The van der Waals surface area contributed by atoms with Crippen LogP contribution in [0.1, 0.15) is 0 Å². The maximum absolute atomic E-state index is 12.9. The van der Waals surface area contributed by atoms with E-state index in [1.54, 1.807) is 37.4 Å². The molecule has 0 bridgehead atoms. The monoisotopic (exact) mass is 285 g/mol. The Morgan fingerprint density at radius 2 is 1.81 bits per heavy atom. The third-order valence-corrected chi connectivity index (χ3v) is 3.01. The fourth-order valence-corrected chi connectivity index (χ4v) is 1.92. The third-order valence-electron chi connectivity index (χ3n) is 3.01. The van der Waals surface area contributed by atoms with Crippen molar-refractivity contribution in [2.45, 2.75) is 0 Å².